The Kier molecular flexibility index (Phi) is 2.96. The van der Waals surface area contributed by atoms with Crippen LogP contribution in [0.1, 0.15) is 0 Å². The summed E-state index contributed by atoms with van der Waals surface area (Å²) in [5, 5.41) is 8.65. The molecule has 0 saturated heterocycles. The number of hydrogen-bond donors (Lipinski definition) is 1. The number of fused-ring (bicyclic) bond motifs is 2. The summed E-state index contributed by atoms with van der Waals surface area (Å²) in [6.45, 7) is 0. The van der Waals surface area contributed by atoms with Crippen molar-refractivity contribution in [2.75, 3.05) is 0 Å². The van der Waals surface area contributed by atoms with Gasteiger partial charge >= 0.3 is 15.2 Å². The fourth-order valence-electron chi connectivity index (χ4n) is 2.27. The van der Waals surface area contributed by atoms with Crippen molar-refractivity contribution in [2.45, 2.75) is 0 Å². The maximum absolute atomic E-state index is 12.0. The van der Waals surface area contributed by atoms with E-state index in [4.69, 9.17) is 13.1 Å². The van der Waals surface area contributed by atoms with Crippen LogP contribution in [0.15, 0.2) is 31.3 Å². The Morgan fingerprint density at radius 1 is 0.857 bits per heavy atom. The molecule has 4 radical (unpaired) electrons. The molecule has 21 heavy (non-hydrogen) atoms. The van der Waals surface area contributed by atoms with Gasteiger partial charge in [0, 0.05) is 0 Å². The van der Waals surface area contributed by atoms with E-state index in [9.17, 15) is 19.2 Å². The number of rotatable bonds is 3. The van der Waals surface area contributed by atoms with E-state index in [1.54, 1.807) is 0 Å². The molecular formula is C10H3B3N2O6. The van der Waals surface area contributed by atoms with Gasteiger partial charge in [0.1, 0.15) is 0 Å². The van der Waals surface area contributed by atoms with E-state index in [0.717, 1.165) is 19.7 Å². The molecule has 0 amide bonds. The second-order valence-corrected chi connectivity index (χ2v) is 4.26. The Balaban J connectivity index is 2.54. The lowest BCUT2D eigenvalue weighted by Gasteiger charge is -1.91. The van der Waals surface area contributed by atoms with Gasteiger partial charge in [-0.15, -0.1) is 0 Å². The summed E-state index contributed by atoms with van der Waals surface area (Å²) in [7, 11) is 5.86. The van der Waals surface area contributed by atoms with Crippen LogP contribution in [0.25, 0.3) is 21.5 Å². The fourth-order valence-corrected chi connectivity index (χ4v) is 2.27. The van der Waals surface area contributed by atoms with Crippen LogP contribution in [0.2, 0.25) is 0 Å². The molecule has 2 heterocycles. The Bertz CT molecular complexity index is 996. The molecule has 3 rings (SSSR count). The van der Waals surface area contributed by atoms with Crippen LogP contribution in [-0.2, 0) is 4.57 Å². The van der Waals surface area contributed by atoms with Crippen molar-refractivity contribution >= 4 is 44.8 Å². The molecule has 0 aliphatic carbocycles. The maximum Gasteiger partial charge on any atom is 0.446 e. The van der Waals surface area contributed by atoms with Crippen molar-refractivity contribution in [1.82, 2.24) is 8.96 Å². The highest BCUT2D eigenvalue weighted by Crippen LogP contribution is 2.13. The summed E-state index contributed by atoms with van der Waals surface area (Å²) in [6.07, 6.45) is 0. The molecule has 0 unspecified atom stereocenters. The molecule has 0 aliphatic heterocycles. The van der Waals surface area contributed by atoms with Gasteiger partial charge in [-0.1, -0.05) is 0 Å². The Morgan fingerprint density at radius 3 is 1.57 bits per heavy atom. The van der Waals surface area contributed by atoms with E-state index in [-0.39, 0.29) is 21.5 Å². The molecule has 0 fully saturated rings. The Morgan fingerprint density at radius 2 is 1.24 bits per heavy atom. The van der Waals surface area contributed by atoms with Crippen molar-refractivity contribution in [3.63, 3.8) is 0 Å². The third kappa shape index (κ3) is 1.68. The monoisotopic (exact) mass is 280 g/mol. The first kappa shape index (κ1) is 13.6. The molecular weight excluding hydrogens is 277 g/mol. The minimum atomic E-state index is -0.780. The minimum absolute atomic E-state index is 0.0482. The first-order valence-corrected chi connectivity index (χ1v) is 5.61. The summed E-state index contributed by atoms with van der Waals surface area (Å²) in [5.41, 5.74) is -3.01. The van der Waals surface area contributed by atoms with Gasteiger partial charge in [-0.3, -0.25) is 28.1 Å². The topological polar surface area (TPSA) is 108 Å². The predicted octanol–water partition coefficient (Wildman–Crippen LogP) is -3.23. The number of hydrogen-bond acceptors (Lipinski definition) is 6. The smallest absolute Gasteiger partial charge is 0.446 e. The van der Waals surface area contributed by atoms with Crippen molar-refractivity contribution in [1.29, 1.82) is 0 Å². The molecule has 0 spiro atoms. The lowest BCUT2D eigenvalue weighted by Crippen LogP contribution is -2.31. The lowest BCUT2D eigenvalue weighted by atomic mass is 10.1. The van der Waals surface area contributed by atoms with Gasteiger partial charge in [-0.2, -0.15) is 0 Å². The van der Waals surface area contributed by atoms with Crippen molar-refractivity contribution in [2.24, 2.45) is 0 Å². The fraction of sp³-hybridized carbons (Fsp3) is 0. The van der Waals surface area contributed by atoms with Gasteiger partial charge in [0.05, 0.1) is 21.5 Å². The second-order valence-electron chi connectivity index (χ2n) is 4.26. The molecule has 1 aromatic carbocycles. The average Bonchev–Trinajstić information content (AvgIpc) is 2.85. The van der Waals surface area contributed by atoms with E-state index in [1.807, 2.05) is 0 Å². The van der Waals surface area contributed by atoms with Crippen molar-refractivity contribution in [3.8, 4) is 0 Å². The molecule has 0 atom stereocenters. The van der Waals surface area contributed by atoms with Gasteiger partial charge in [0.25, 0.3) is 30.3 Å². The van der Waals surface area contributed by atoms with Crippen LogP contribution < -0.4 is 22.2 Å². The molecule has 98 valence electrons. The van der Waals surface area contributed by atoms with Gasteiger partial charge in [-0.05, 0) is 12.1 Å². The van der Waals surface area contributed by atoms with Crippen LogP contribution in [0.4, 0.5) is 0 Å². The van der Waals surface area contributed by atoms with Gasteiger partial charge in [0.2, 0.25) is 0 Å². The maximum atomic E-state index is 12.0. The summed E-state index contributed by atoms with van der Waals surface area (Å²) in [6, 6.07) is 2.28. The highest BCUT2D eigenvalue weighted by atomic mass is 16.4. The Hall–Kier alpha value is -2.39. The zero-order valence-electron chi connectivity index (χ0n) is 10.3. The minimum Gasteiger partial charge on any atom is -0.491 e. The van der Waals surface area contributed by atoms with Gasteiger partial charge in [-0.25, -0.2) is 0 Å². The SMILES string of the molecule is [B]O[B]n1c(=O)c2cc3c(=O)n([B]O)c(=O)c3cc2c1=O. The lowest BCUT2D eigenvalue weighted by molar-refractivity contribution is 0.585. The first-order chi connectivity index (χ1) is 10.0. The molecule has 1 N–H and O–H groups in total. The standard InChI is InChI=1S/C10H3B3N2O6/c11-21-13-15-9(18)5-1-3-4(2-6(5)10(15)19)8(17)14(12-20)7(3)16/h1-2,20H. The molecule has 11 heteroatoms. The summed E-state index contributed by atoms with van der Waals surface area (Å²) >= 11 is 0. The Labute approximate surface area is 117 Å². The van der Waals surface area contributed by atoms with E-state index in [1.165, 1.54) is 0 Å². The zero-order chi connectivity index (χ0) is 15.3. The summed E-state index contributed by atoms with van der Waals surface area (Å²) in [4.78, 5) is 47.8. The second kappa shape index (κ2) is 4.57. The van der Waals surface area contributed by atoms with E-state index < -0.39 is 22.2 Å². The summed E-state index contributed by atoms with van der Waals surface area (Å²) in [5.74, 6) is 0. The molecule has 3 aromatic rings. The summed E-state index contributed by atoms with van der Waals surface area (Å²) < 4.78 is 5.27. The van der Waals surface area contributed by atoms with E-state index >= 15 is 0 Å². The third-order valence-electron chi connectivity index (χ3n) is 3.24. The van der Waals surface area contributed by atoms with Crippen molar-refractivity contribution in [3.05, 3.63) is 53.5 Å². The highest BCUT2D eigenvalue weighted by molar-refractivity contribution is 6.33. The number of nitrogens with zero attached hydrogens (tertiary/aromatic N) is 2. The largest absolute Gasteiger partial charge is 0.491 e. The molecule has 0 aliphatic rings. The van der Waals surface area contributed by atoms with E-state index in [2.05, 4.69) is 4.57 Å². The van der Waals surface area contributed by atoms with E-state index in [0.29, 0.717) is 16.6 Å². The van der Waals surface area contributed by atoms with Crippen LogP contribution in [0.3, 0.4) is 0 Å². The number of aromatic nitrogens is 2. The van der Waals surface area contributed by atoms with Crippen LogP contribution >= 0.6 is 0 Å². The molecule has 2 aromatic heterocycles. The van der Waals surface area contributed by atoms with Crippen molar-refractivity contribution < 1.29 is 9.60 Å². The predicted molar refractivity (Wildman–Crippen MR) is 76.2 cm³/mol. The quantitative estimate of drug-likeness (QED) is 0.505. The van der Waals surface area contributed by atoms with Crippen LogP contribution in [0, 0.1) is 0 Å². The third-order valence-corrected chi connectivity index (χ3v) is 3.24. The highest BCUT2D eigenvalue weighted by Gasteiger charge is 2.19. The first-order valence-electron chi connectivity index (χ1n) is 5.61. The van der Waals surface area contributed by atoms with Gasteiger partial charge in [0.15, 0.2) is 0 Å². The van der Waals surface area contributed by atoms with Crippen LogP contribution in [-0.4, -0.2) is 37.3 Å². The average molecular weight is 280 g/mol. The molecule has 0 saturated carbocycles. The molecule has 8 nitrogen and oxygen atoms in total. The normalized spacial score (nSPS) is 11.3. The molecule has 0 bridgehead atoms. The van der Waals surface area contributed by atoms with Gasteiger partial charge < -0.3 is 9.60 Å². The van der Waals surface area contributed by atoms with Crippen LogP contribution in [0.5, 0.6) is 0 Å². The zero-order valence-corrected chi connectivity index (χ0v) is 10.3. The number of benzene rings is 1.